The minimum Gasteiger partial charge on any atom is -0.459 e. The summed E-state index contributed by atoms with van der Waals surface area (Å²) in [5, 5.41) is 4.97. The minimum absolute atomic E-state index is 0.742. The number of benzene rings is 1. The van der Waals surface area contributed by atoms with Crippen molar-refractivity contribution in [2.45, 2.75) is 57.5 Å². The van der Waals surface area contributed by atoms with Gasteiger partial charge in [0, 0.05) is 17.0 Å². The molecule has 100 valence electrons. The van der Waals surface area contributed by atoms with E-state index < -0.39 is 0 Å². The smallest absolute Gasteiger partial charge is 0.137 e. The van der Waals surface area contributed by atoms with Gasteiger partial charge in [-0.1, -0.05) is 25.1 Å². The van der Waals surface area contributed by atoms with Crippen LogP contribution in [0.5, 0.6) is 0 Å². The van der Waals surface area contributed by atoms with Crippen LogP contribution in [0.1, 0.15) is 55.4 Å². The monoisotopic (exact) mass is 255 g/mol. The molecular weight excluding hydrogens is 234 g/mol. The fourth-order valence-corrected chi connectivity index (χ4v) is 3.00. The van der Waals surface area contributed by atoms with Crippen LogP contribution in [0.3, 0.4) is 0 Å². The summed E-state index contributed by atoms with van der Waals surface area (Å²) in [6, 6.07) is 7.36. The second kappa shape index (κ2) is 4.38. The van der Waals surface area contributed by atoms with Crippen LogP contribution < -0.4 is 5.32 Å². The fraction of sp³-hybridized carbons (Fsp3) is 0.529. The molecule has 0 radical (unpaired) electrons. The van der Waals surface area contributed by atoms with Gasteiger partial charge in [-0.3, -0.25) is 0 Å². The van der Waals surface area contributed by atoms with Crippen molar-refractivity contribution in [3.8, 4) is 0 Å². The van der Waals surface area contributed by atoms with Gasteiger partial charge in [0.1, 0.15) is 11.3 Å². The summed E-state index contributed by atoms with van der Waals surface area (Å²) in [5.41, 5.74) is 3.98. The number of aryl methyl sites for hydroxylation is 1. The van der Waals surface area contributed by atoms with Crippen LogP contribution in [0.2, 0.25) is 0 Å². The van der Waals surface area contributed by atoms with Crippen molar-refractivity contribution in [1.82, 2.24) is 5.32 Å². The molecule has 2 nitrogen and oxygen atoms in total. The number of hydrogen-bond donors (Lipinski definition) is 1. The molecule has 2 fully saturated rings. The number of hydrogen-bond acceptors (Lipinski definition) is 2. The third-order valence-corrected chi connectivity index (χ3v) is 4.41. The molecule has 1 heterocycles. The van der Waals surface area contributed by atoms with Crippen LogP contribution >= 0.6 is 0 Å². The van der Waals surface area contributed by atoms with E-state index in [1.165, 1.54) is 48.0 Å². The normalized spacial score (nSPS) is 19.2. The van der Waals surface area contributed by atoms with E-state index in [4.69, 9.17) is 4.42 Å². The Morgan fingerprint density at radius 2 is 2.05 bits per heavy atom. The summed E-state index contributed by atoms with van der Waals surface area (Å²) >= 11 is 0. The molecule has 0 saturated heterocycles. The molecule has 1 N–H and O–H groups in total. The zero-order valence-corrected chi connectivity index (χ0v) is 11.5. The van der Waals surface area contributed by atoms with Gasteiger partial charge in [0.05, 0.1) is 6.54 Å². The summed E-state index contributed by atoms with van der Waals surface area (Å²) < 4.78 is 6.24. The van der Waals surface area contributed by atoms with Crippen LogP contribution in [-0.2, 0) is 13.0 Å². The lowest BCUT2D eigenvalue weighted by molar-refractivity contribution is 0.504. The van der Waals surface area contributed by atoms with E-state index in [0.717, 1.165) is 30.5 Å². The SMILES string of the molecule is CCc1cccc2c(C3CC3)c(CNC3CC3)oc12. The van der Waals surface area contributed by atoms with Crippen LogP contribution in [0.4, 0.5) is 0 Å². The average molecular weight is 255 g/mol. The van der Waals surface area contributed by atoms with E-state index in [1.807, 2.05) is 0 Å². The summed E-state index contributed by atoms with van der Waals surface area (Å²) in [6.07, 6.45) is 6.38. The number of nitrogens with one attached hydrogen (secondary N) is 1. The largest absolute Gasteiger partial charge is 0.459 e. The lowest BCUT2D eigenvalue weighted by Crippen LogP contribution is -2.15. The summed E-state index contributed by atoms with van der Waals surface area (Å²) in [5.74, 6) is 1.95. The second-order valence-electron chi connectivity index (χ2n) is 6.02. The van der Waals surface area contributed by atoms with Crippen molar-refractivity contribution in [3.05, 3.63) is 35.1 Å². The molecule has 0 bridgehead atoms. The predicted octanol–water partition coefficient (Wildman–Crippen LogP) is 4.12. The van der Waals surface area contributed by atoms with Crippen molar-refractivity contribution in [2.24, 2.45) is 0 Å². The van der Waals surface area contributed by atoms with E-state index in [2.05, 4.69) is 30.4 Å². The maximum Gasteiger partial charge on any atom is 0.137 e. The van der Waals surface area contributed by atoms with E-state index in [1.54, 1.807) is 0 Å². The van der Waals surface area contributed by atoms with Crippen LogP contribution in [0.25, 0.3) is 11.0 Å². The molecule has 1 aromatic heterocycles. The van der Waals surface area contributed by atoms with E-state index in [9.17, 15) is 0 Å². The Kier molecular flexibility index (Phi) is 2.66. The molecule has 0 amide bonds. The van der Waals surface area contributed by atoms with Crippen LogP contribution in [0, 0.1) is 0 Å². The number of rotatable bonds is 5. The molecule has 2 aromatic rings. The highest BCUT2D eigenvalue weighted by Gasteiger charge is 2.31. The van der Waals surface area contributed by atoms with Gasteiger partial charge in [-0.05, 0) is 43.6 Å². The topological polar surface area (TPSA) is 25.2 Å². The van der Waals surface area contributed by atoms with E-state index >= 15 is 0 Å². The molecule has 0 aliphatic heterocycles. The first-order valence-corrected chi connectivity index (χ1v) is 7.63. The van der Waals surface area contributed by atoms with Gasteiger partial charge >= 0.3 is 0 Å². The van der Waals surface area contributed by atoms with Crippen molar-refractivity contribution in [1.29, 1.82) is 0 Å². The van der Waals surface area contributed by atoms with Crippen LogP contribution in [0.15, 0.2) is 22.6 Å². The quantitative estimate of drug-likeness (QED) is 0.869. The zero-order valence-electron chi connectivity index (χ0n) is 11.5. The Bertz CT molecular complexity index is 605. The van der Waals surface area contributed by atoms with Gasteiger partial charge in [-0.15, -0.1) is 0 Å². The molecule has 0 spiro atoms. The molecule has 4 rings (SSSR count). The molecule has 2 heteroatoms. The standard InChI is InChI=1S/C17H21NO/c1-2-11-4-3-5-14-16(12-6-7-12)15(19-17(11)14)10-18-13-8-9-13/h3-5,12-13,18H,2,6-10H2,1H3. The summed E-state index contributed by atoms with van der Waals surface area (Å²) in [6.45, 7) is 3.12. The molecule has 0 atom stereocenters. The van der Waals surface area contributed by atoms with Crippen molar-refractivity contribution in [2.75, 3.05) is 0 Å². The third-order valence-electron chi connectivity index (χ3n) is 4.41. The van der Waals surface area contributed by atoms with Gasteiger partial charge in [0.25, 0.3) is 0 Å². The first-order chi connectivity index (χ1) is 9.36. The average Bonchev–Trinajstić information content (AvgIpc) is 3.33. The van der Waals surface area contributed by atoms with Crippen molar-refractivity contribution >= 4 is 11.0 Å². The summed E-state index contributed by atoms with van der Waals surface area (Å²) in [4.78, 5) is 0. The van der Waals surface area contributed by atoms with Gasteiger partial charge in [0.2, 0.25) is 0 Å². The van der Waals surface area contributed by atoms with Crippen molar-refractivity contribution < 1.29 is 4.42 Å². The van der Waals surface area contributed by atoms with Gasteiger partial charge in [0.15, 0.2) is 0 Å². The Morgan fingerprint density at radius 1 is 1.21 bits per heavy atom. The Morgan fingerprint density at radius 3 is 2.74 bits per heavy atom. The fourth-order valence-electron chi connectivity index (χ4n) is 3.00. The third kappa shape index (κ3) is 2.08. The van der Waals surface area contributed by atoms with Crippen molar-refractivity contribution in [3.63, 3.8) is 0 Å². The predicted molar refractivity (Wildman–Crippen MR) is 77.4 cm³/mol. The van der Waals surface area contributed by atoms with Gasteiger partial charge < -0.3 is 9.73 Å². The van der Waals surface area contributed by atoms with E-state index in [-0.39, 0.29) is 0 Å². The molecule has 19 heavy (non-hydrogen) atoms. The lowest BCUT2D eigenvalue weighted by Gasteiger charge is -2.02. The first kappa shape index (κ1) is 11.5. The lowest BCUT2D eigenvalue weighted by atomic mass is 10.0. The minimum atomic E-state index is 0.742. The molecule has 2 saturated carbocycles. The molecule has 1 aromatic carbocycles. The highest BCUT2D eigenvalue weighted by Crippen LogP contribution is 2.46. The van der Waals surface area contributed by atoms with Gasteiger partial charge in [-0.2, -0.15) is 0 Å². The number of fused-ring (bicyclic) bond motifs is 1. The Balaban J connectivity index is 1.78. The highest BCUT2D eigenvalue weighted by molar-refractivity contribution is 5.86. The Hall–Kier alpha value is -1.28. The Labute approximate surface area is 114 Å². The van der Waals surface area contributed by atoms with Crippen LogP contribution in [-0.4, -0.2) is 6.04 Å². The molecular formula is C17H21NO. The first-order valence-electron chi connectivity index (χ1n) is 7.63. The second-order valence-corrected chi connectivity index (χ2v) is 6.02. The van der Waals surface area contributed by atoms with Gasteiger partial charge in [-0.25, -0.2) is 0 Å². The maximum absolute atomic E-state index is 6.24. The number of furan rings is 1. The maximum atomic E-state index is 6.24. The van der Waals surface area contributed by atoms with E-state index in [0.29, 0.717) is 0 Å². The zero-order chi connectivity index (χ0) is 12.8. The molecule has 2 aliphatic carbocycles. The highest BCUT2D eigenvalue weighted by atomic mass is 16.3. The molecule has 0 unspecified atom stereocenters. The summed E-state index contributed by atoms with van der Waals surface area (Å²) in [7, 11) is 0. The molecule has 2 aliphatic rings. The number of para-hydroxylation sites is 1.